The standard InChI is InChI=1S/C12H20N2O/c1-5-6-10-8-13-11(7-9(2)3)12(14-10)15-4/h8-9H,5-7H2,1-4H3. The third-order valence-electron chi connectivity index (χ3n) is 2.16. The van der Waals surface area contributed by atoms with E-state index in [1.165, 1.54) is 0 Å². The second-order valence-electron chi connectivity index (χ2n) is 4.17. The lowest BCUT2D eigenvalue weighted by atomic mass is 10.1. The highest BCUT2D eigenvalue weighted by Gasteiger charge is 2.09. The first kappa shape index (κ1) is 12.0. The van der Waals surface area contributed by atoms with Crippen molar-refractivity contribution >= 4 is 0 Å². The first-order valence-electron chi connectivity index (χ1n) is 5.56. The van der Waals surface area contributed by atoms with Gasteiger partial charge in [0, 0.05) is 6.20 Å². The Labute approximate surface area is 91.9 Å². The van der Waals surface area contributed by atoms with Gasteiger partial charge in [-0.2, -0.15) is 0 Å². The lowest BCUT2D eigenvalue weighted by Gasteiger charge is -2.09. The van der Waals surface area contributed by atoms with E-state index in [-0.39, 0.29) is 0 Å². The zero-order valence-electron chi connectivity index (χ0n) is 10.1. The molecule has 0 spiro atoms. The normalized spacial score (nSPS) is 10.7. The molecular formula is C12H20N2O. The average Bonchev–Trinajstić information content (AvgIpc) is 2.20. The van der Waals surface area contributed by atoms with E-state index in [1.54, 1.807) is 7.11 Å². The SMILES string of the molecule is CCCc1cnc(CC(C)C)c(OC)n1. The molecule has 0 saturated heterocycles. The van der Waals surface area contributed by atoms with Gasteiger partial charge in [-0.1, -0.05) is 27.2 Å². The zero-order chi connectivity index (χ0) is 11.3. The fraction of sp³-hybridized carbons (Fsp3) is 0.667. The summed E-state index contributed by atoms with van der Waals surface area (Å²) in [6.45, 7) is 6.47. The Bertz CT molecular complexity index is 310. The summed E-state index contributed by atoms with van der Waals surface area (Å²) >= 11 is 0. The average molecular weight is 208 g/mol. The van der Waals surface area contributed by atoms with Gasteiger partial charge >= 0.3 is 0 Å². The summed E-state index contributed by atoms with van der Waals surface area (Å²) < 4.78 is 5.26. The minimum Gasteiger partial charge on any atom is -0.480 e. The van der Waals surface area contributed by atoms with Gasteiger partial charge in [0.25, 0.3) is 0 Å². The molecule has 0 aliphatic rings. The Morgan fingerprint density at radius 2 is 2.13 bits per heavy atom. The molecule has 3 nitrogen and oxygen atoms in total. The van der Waals surface area contributed by atoms with Crippen molar-refractivity contribution in [3.63, 3.8) is 0 Å². The number of hydrogen-bond acceptors (Lipinski definition) is 3. The highest BCUT2D eigenvalue weighted by atomic mass is 16.5. The maximum absolute atomic E-state index is 5.26. The molecule has 3 heteroatoms. The van der Waals surface area contributed by atoms with Gasteiger partial charge in [-0.15, -0.1) is 0 Å². The van der Waals surface area contributed by atoms with E-state index in [4.69, 9.17) is 4.74 Å². The highest BCUT2D eigenvalue weighted by Crippen LogP contribution is 2.17. The molecular weight excluding hydrogens is 188 g/mol. The summed E-state index contributed by atoms with van der Waals surface area (Å²) in [6, 6.07) is 0. The van der Waals surface area contributed by atoms with Crippen molar-refractivity contribution < 1.29 is 4.74 Å². The molecule has 0 fully saturated rings. The molecule has 1 aromatic heterocycles. The lowest BCUT2D eigenvalue weighted by molar-refractivity contribution is 0.384. The van der Waals surface area contributed by atoms with Gasteiger partial charge in [0.05, 0.1) is 12.8 Å². The summed E-state index contributed by atoms with van der Waals surface area (Å²) in [5, 5.41) is 0. The monoisotopic (exact) mass is 208 g/mol. The van der Waals surface area contributed by atoms with Crippen LogP contribution >= 0.6 is 0 Å². The van der Waals surface area contributed by atoms with E-state index in [1.807, 2.05) is 6.20 Å². The Morgan fingerprint density at radius 3 is 2.67 bits per heavy atom. The molecule has 15 heavy (non-hydrogen) atoms. The van der Waals surface area contributed by atoms with Crippen LogP contribution in [0.25, 0.3) is 0 Å². The number of nitrogens with zero attached hydrogens (tertiary/aromatic N) is 2. The van der Waals surface area contributed by atoms with Crippen molar-refractivity contribution in [2.75, 3.05) is 7.11 Å². The Morgan fingerprint density at radius 1 is 1.40 bits per heavy atom. The first-order valence-corrected chi connectivity index (χ1v) is 5.56. The molecule has 0 atom stereocenters. The number of hydrogen-bond donors (Lipinski definition) is 0. The number of methoxy groups -OCH3 is 1. The molecule has 1 heterocycles. The number of rotatable bonds is 5. The van der Waals surface area contributed by atoms with E-state index in [2.05, 4.69) is 30.7 Å². The van der Waals surface area contributed by atoms with Gasteiger partial charge in [-0.3, -0.25) is 4.98 Å². The lowest BCUT2D eigenvalue weighted by Crippen LogP contribution is -2.04. The quantitative estimate of drug-likeness (QED) is 0.746. The largest absolute Gasteiger partial charge is 0.480 e. The van der Waals surface area contributed by atoms with Crippen LogP contribution in [0.4, 0.5) is 0 Å². The molecule has 0 aliphatic heterocycles. The Hall–Kier alpha value is -1.12. The molecule has 0 bridgehead atoms. The zero-order valence-corrected chi connectivity index (χ0v) is 10.1. The topological polar surface area (TPSA) is 35.0 Å². The van der Waals surface area contributed by atoms with E-state index in [0.717, 1.165) is 30.7 Å². The molecule has 0 amide bonds. The van der Waals surface area contributed by atoms with E-state index in [0.29, 0.717) is 11.8 Å². The van der Waals surface area contributed by atoms with Gasteiger partial charge in [0.2, 0.25) is 5.88 Å². The van der Waals surface area contributed by atoms with Crippen molar-refractivity contribution in [1.29, 1.82) is 0 Å². The highest BCUT2D eigenvalue weighted by molar-refractivity contribution is 5.20. The predicted molar refractivity (Wildman–Crippen MR) is 61.1 cm³/mol. The Balaban J connectivity index is 2.88. The van der Waals surface area contributed by atoms with E-state index >= 15 is 0 Å². The maximum atomic E-state index is 5.26. The third-order valence-corrected chi connectivity index (χ3v) is 2.16. The molecule has 1 rings (SSSR count). The van der Waals surface area contributed by atoms with Crippen LogP contribution in [-0.2, 0) is 12.8 Å². The smallest absolute Gasteiger partial charge is 0.235 e. The van der Waals surface area contributed by atoms with Gasteiger partial charge in [-0.05, 0) is 18.8 Å². The fourth-order valence-corrected chi connectivity index (χ4v) is 1.50. The molecule has 0 radical (unpaired) electrons. The molecule has 0 N–H and O–H groups in total. The van der Waals surface area contributed by atoms with E-state index in [9.17, 15) is 0 Å². The maximum Gasteiger partial charge on any atom is 0.235 e. The van der Waals surface area contributed by atoms with Gasteiger partial charge in [0.15, 0.2) is 0 Å². The molecule has 0 aliphatic carbocycles. The van der Waals surface area contributed by atoms with Crippen molar-refractivity contribution in [2.24, 2.45) is 5.92 Å². The summed E-state index contributed by atoms with van der Waals surface area (Å²) in [5.41, 5.74) is 1.98. The minimum atomic E-state index is 0.574. The summed E-state index contributed by atoms with van der Waals surface area (Å²) in [7, 11) is 1.66. The minimum absolute atomic E-state index is 0.574. The second-order valence-corrected chi connectivity index (χ2v) is 4.17. The molecule has 0 aromatic carbocycles. The molecule has 1 aromatic rings. The van der Waals surface area contributed by atoms with Crippen molar-refractivity contribution in [1.82, 2.24) is 9.97 Å². The molecule has 84 valence electrons. The van der Waals surface area contributed by atoms with Crippen LogP contribution in [0, 0.1) is 5.92 Å². The van der Waals surface area contributed by atoms with Crippen LogP contribution in [0.2, 0.25) is 0 Å². The van der Waals surface area contributed by atoms with Crippen LogP contribution in [0.15, 0.2) is 6.20 Å². The molecule has 0 saturated carbocycles. The molecule has 0 unspecified atom stereocenters. The number of aromatic nitrogens is 2. The van der Waals surface area contributed by atoms with Crippen molar-refractivity contribution in [3.05, 3.63) is 17.6 Å². The summed E-state index contributed by atoms with van der Waals surface area (Å²) in [6.07, 6.45) is 4.83. The first-order chi connectivity index (χ1) is 7.17. The fourth-order valence-electron chi connectivity index (χ4n) is 1.50. The third kappa shape index (κ3) is 3.50. The van der Waals surface area contributed by atoms with Crippen LogP contribution in [-0.4, -0.2) is 17.1 Å². The Kier molecular flexibility index (Phi) is 4.53. The van der Waals surface area contributed by atoms with Crippen molar-refractivity contribution in [2.45, 2.75) is 40.0 Å². The van der Waals surface area contributed by atoms with Crippen LogP contribution in [0.3, 0.4) is 0 Å². The van der Waals surface area contributed by atoms with Crippen LogP contribution in [0.5, 0.6) is 5.88 Å². The van der Waals surface area contributed by atoms with E-state index < -0.39 is 0 Å². The van der Waals surface area contributed by atoms with Gasteiger partial charge in [-0.25, -0.2) is 4.98 Å². The predicted octanol–water partition coefficient (Wildman–Crippen LogP) is 2.64. The van der Waals surface area contributed by atoms with Crippen molar-refractivity contribution in [3.8, 4) is 5.88 Å². The van der Waals surface area contributed by atoms with Crippen LogP contribution < -0.4 is 4.74 Å². The number of ether oxygens (including phenoxy) is 1. The second kappa shape index (κ2) is 5.69. The van der Waals surface area contributed by atoms with Crippen LogP contribution in [0.1, 0.15) is 38.6 Å². The summed E-state index contributed by atoms with van der Waals surface area (Å²) in [5.74, 6) is 1.26. The van der Waals surface area contributed by atoms with Gasteiger partial charge < -0.3 is 4.74 Å². The number of aryl methyl sites for hydroxylation is 1. The summed E-state index contributed by atoms with van der Waals surface area (Å²) in [4.78, 5) is 8.87. The van der Waals surface area contributed by atoms with Gasteiger partial charge in [0.1, 0.15) is 5.69 Å².